The molecule has 1 fully saturated rings. The van der Waals surface area contributed by atoms with Crippen LogP contribution in [-0.2, 0) is 14.2 Å². The van der Waals surface area contributed by atoms with Crippen molar-refractivity contribution >= 4 is 0 Å². The highest BCUT2D eigenvalue weighted by molar-refractivity contribution is 4.84. The van der Waals surface area contributed by atoms with Crippen LogP contribution in [0.4, 0.5) is 0 Å². The van der Waals surface area contributed by atoms with Crippen LogP contribution in [0.1, 0.15) is 19.3 Å². The molecule has 0 bridgehead atoms. The molecule has 0 aliphatic carbocycles. The van der Waals surface area contributed by atoms with Crippen LogP contribution in [0.5, 0.6) is 0 Å². The second-order valence-corrected chi connectivity index (χ2v) is 3.74. The van der Waals surface area contributed by atoms with E-state index in [1.165, 1.54) is 0 Å². The molecule has 0 saturated carbocycles. The fourth-order valence-electron chi connectivity index (χ4n) is 1.65. The lowest BCUT2D eigenvalue weighted by Crippen LogP contribution is -2.48. The van der Waals surface area contributed by atoms with E-state index in [0.29, 0.717) is 19.8 Å². The van der Waals surface area contributed by atoms with E-state index in [1.807, 2.05) is 0 Å². The predicted octanol–water partition coefficient (Wildman–Crippen LogP) is 0.547. The molecule has 0 amide bonds. The summed E-state index contributed by atoms with van der Waals surface area (Å²) in [5.41, 5.74) is 5.49. The number of rotatable bonds is 6. The summed E-state index contributed by atoms with van der Waals surface area (Å²) in [5, 5.41) is 0. The van der Waals surface area contributed by atoms with Gasteiger partial charge in [-0.1, -0.05) is 0 Å². The zero-order valence-electron chi connectivity index (χ0n) is 8.96. The fourth-order valence-corrected chi connectivity index (χ4v) is 1.65. The predicted molar refractivity (Wildman–Crippen MR) is 54.3 cm³/mol. The highest BCUT2D eigenvalue weighted by atomic mass is 16.5. The van der Waals surface area contributed by atoms with Gasteiger partial charge < -0.3 is 19.9 Å². The van der Waals surface area contributed by atoms with Crippen molar-refractivity contribution < 1.29 is 14.2 Å². The second-order valence-electron chi connectivity index (χ2n) is 3.74. The van der Waals surface area contributed by atoms with Gasteiger partial charge in [0.2, 0.25) is 0 Å². The molecular formula is C10H21NO3. The van der Waals surface area contributed by atoms with Gasteiger partial charge in [-0.3, -0.25) is 0 Å². The third-order valence-corrected chi connectivity index (χ3v) is 2.56. The molecule has 2 N–H and O–H groups in total. The maximum atomic E-state index is 5.79. The Labute approximate surface area is 85.7 Å². The topological polar surface area (TPSA) is 53.7 Å². The summed E-state index contributed by atoms with van der Waals surface area (Å²) in [4.78, 5) is 0. The standard InChI is InChI=1S/C10H21NO3/c1-12-5-3-7-14-10(8-11)4-2-6-13-9-10/h2-9,11H2,1H3. The van der Waals surface area contributed by atoms with Gasteiger partial charge in [-0.2, -0.15) is 0 Å². The minimum Gasteiger partial charge on any atom is -0.385 e. The van der Waals surface area contributed by atoms with Crippen molar-refractivity contribution in [2.45, 2.75) is 24.9 Å². The molecule has 0 aromatic rings. The van der Waals surface area contributed by atoms with Gasteiger partial charge in [0.15, 0.2) is 0 Å². The van der Waals surface area contributed by atoms with Crippen LogP contribution in [0.3, 0.4) is 0 Å². The molecule has 14 heavy (non-hydrogen) atoms. The van der Waals surface area contributed by atoms with Gasteiger partial charge in [-0.05, 0) is 19.3 Å². The van der Waals surface area contributed by atoms with E-state index in [9.17, 15) is 0 Å². The summed E-state index contributed by atoms with van der Waals surface area (Å²) >= 11 is 0. The maximum absolute atomic E-state index is 5.79. The lowest BCUT2D eigenvalue weighted by atomic mass is 9.96. The summed E-state index contributed by atoms with van der Waals surface area (Å²) in [5.74, 6) is 0. The van der Waals surface area contributed by atoms with Crippen LogP contribution < -0.4 is 5.73 Å². The average molecular weight is 203 g/mol. The highest BCUT2D eigenvalue weighted by Crippen LogP contribution is 2.22. The molecule has 1 saturated heterocycles. The fraction of sp³-hybridized carbons (Fsp3) is 1.00. The zero-order chi connectivity index (χ0) is 10.3. The third kappa shape index (κ3) is 3.53. The van der Waals surface area contributed by atoms with Crippen LogP contribution in [0.15, 0.2) is 0 Å². The number of hydrogen-bond acceptors (Lipinski definition) is 4. The second kappa shape index (κ2) is 6.35. The number of nitrogens with two attached hydrogens (primary N) is 1. The van der Waals surface area contributed by atoms with Gasteiger partial charge in [0.25, 0.3) is 0 Å². The Kier molecular flexibility index (Phi) is 5.40. The minimum atomic E-state index is -0.230. The highest BCUT2D eigenvalue weighted by Gasteiger charge is 2.32. The number of ether oxygens (including phenoxy) is 3. The van der Waals surface area contributed by atoms with E-state index in [-0.39, 0.29) is 5.60 Å². The van der Waals surface area contributed by atoms with E-state index < -0.39 is 0 Å². The van der Waals surface area contributed by atoms with Gasteiger partial charge in [-0.15, -0.1) is 0 Å². The van der Waals surface area contributed by atoms with Crippen LogP contribution in [0, 0.1) is 0 Å². The van der Waals surface area contributed by atoms with Crippen molar-refractivity contribution in [2.24, 2.45) is 5.73 Å². The molecule has 0 radical (unpaired) electrons. The molecule has 0 aromatic heterocycles. The first kappa shape index (κ1) is 11.9. The molecule has 0 aromatic carbocycles. The summed E-state index contributed by atoms with van der Waals surface area (Å²) in [6, 6.07) is 0. The maximum Gasteiger partial charge on any atom is 0.104 e. The Hall–Kier alpha value is -0.160. The zero-order valence-corrected chi connectivity index (χ0v) is 8.96. The SMILES string of the molecule is COCCCOC1(CN)CCCOC1. The molecule has 1 rings (SSSR count). The summed E-state index contributed by atoms with van der Waals surface area (Å²) in [6.45, 7) is 3.45. The molecule has 1 aliphatic rings. The normalized spacial score (nSPS) is 27.9. The largest absolute Gasteiger partial charge is 0.385 e. The summed E-state index contributed by atoms with van der Waals surface area (Å²) in [7, 11) is 1.70. The van der Waals surface area contributed by atoms with Crippen LogP contribution in [0.25, 0.3) is 0 Å². The molecule has 0 spiro atoms. The van der Waals surface area contributed by atoms with Crippen molar-refractivity contribution in [3.05, 3.63) is 0 Å². The van der Waals surface area contributed by atoms with Crippen LogP contribution >= 0.6 is 0 Å². The lowest BCUT2D eigenvalue weighted by Gasteiger charge is -2.35. The van der Waals surface area contributed by atoms with Crippen molar-refractivity contribution in [1.82, 2.24) is 0 Å². The van der Waals surface area contributed by atoms with Crippen molar-refractivity contribution in [3.8, 4) is 0 Å². The third-order valence-electron chi connectivity index (χ3n) is 2.56. The Bertz CT molecular complexity index is 146. The summed E-state index contributed by atoms with van der Waals surface area (Å²) < 4.78 is 16.1. The van der Waals surface area contributed by atoms with E-state index in [4.69, 9.17) is 19.9 Å². The molecule has 84 valence electrons. The van der Waals surface area contributed by atoms with Crippen LogP contribution in [0.2, 0.25) is 0 Å². The first-order chi connectivity index (χ1) is 6.83. The smallest absolute Gasteiger partial charge is 0.104 e. The molecular weight excluding hydrogens is 182 g/mol. The Morgan fingerprint density at radius 3 is 2.86 bits per heavy atom. The Morgan fingerprint density at radius 1 is 1.43 bits per heavy atom. The first-order valence-electron chi connectivity index (χ1n) is 5.24. The van der Waals surface area contributed by atoms with E-state index in [1.54, 1.807) is 7.11 Å². The quantitative estimate of drug-likeness (QED) is 0.640. The minimum absolute atomic E-state index is 0.230. The Morgan fingerprint density at radius 2 is 2.29 bits per heavy atom. The number of hydrogen-bond donors (Lipinski definition) is 1. The molecule has 1 aliphatic heterocycles. The van der Waals surface area contributed by atoms with Crippen molar-refractivity contribution in [2.75, 3.05) is 40.1 Å². The van der Waals surface area contributed by atoms with E-state index in [2.05, 4.69) is 0 Å². The lowest BCUT2D eigenvalue weighted by molar-refractivity contribution is -0.125. The van der Waals surface area contributed by atoms with Gasteiger partial charge >= 0.3 is 0 Å². The molecule has 1 unspecified atom stereocenters. The van der Waals surface area contributed by atoms with E-state index in [0.717, 1.165) is 32.5 Å². The summed E-state index contributed by atoms with van der Waals surface area (Å²) in [6.07, 6.45) is 2.97. The van der Waals surface area contributed by atoms with Crippen LogP contribution in [-0.4, -0.2) is 45.7 Å². The van der Waals surface area contributed by atoms with Gasteiger partial charge in [-0.25, -0.2) is 0 Å². The average Bonchev–Trinajstić information content (AvgIpc) is 2.26. The first-order valence-corrected chi connectivity index (χ1v) is 5.24. The molecule has 1 heterocycles. The van der Waals surface area contributed by atoms with Gasteiger partial charge in [0.1, 0.15) is 5.60 Å². The molecule has 4 nitrogen and oxygen atoms in total. The van der Waals surface area contributed by atoms with Crippen molar-refractivity contribution in [3.63, 3.8) is 0 Å². The van der Waals surface area contributed by atoms with E-state index >= 15 is 0 Å². The molecule has 1 atom stereocenters. The Balaban J connectivity index is 2.22. The van der Waals surface area contributed by atoms with Gasteiger partial charge in [0.05, 0.1) is 6.61 Å². The number of methoxy groups -OCH3 is 1. The molecule has 4 heteroatoms. The monoisotopic (exact) mass is 203 g/mol. The van der Waals surface area contributed by atoms with Crippen molar-refractivity contribution in [1.29, 1.82) is 0 Å². The van der Waals surface area contributed by atoms with Gasteiger partial charge in [0, 0.05) is 33.5 Å².